The number of aromatic nitrogens is 2. The van der Waals surface area contributed by atoms with Gasteiger partial charge in [-0.1, -0.05) is 13.0 Å². The number of carbonyl (C=O) groups excluding carboxylic acids is 2. The second kappa shape index (κ2) is 9.16. The highest BCUT2D eigenvalue weighted by Gasteiger charge is 2.22. The third kappa shape index (κ3) is 7.08. The highest BCUT2D eigenvalue weighted by atomic mass is 19.3. The van der Waals surface area contributed by atoms with Gasteiger partial charge in [0, 0.05) is 56.0 Å². The van der Waals surface area contributed by atoms with E-state index in [9.17, 15) is 18.4 Å². The van der Waals surface area contributed by atoms with Crippen molar-refractivity contribution in [2.45, 2.75) is 39.2 Å². The van der Waals surface area contributed by atoms with Crippen molar-refractivity contribution in [3.63, 3.8) is 0 Å². The summed E-state index contributed by atoms with van der Waals surface area (Å²) in [5.74, 6) is -3.10. The van der Waals surface area contributed by atoms with Crippen LogP contribution in [0.4, 0.5) is 8.78 Å². The number of rotatable bonds is 9. The van der Waals surface area contributed by atoms with Gasteiger partial charge in [0.1, 0.15) is 5.78 Å². The predicted molar refractivity (Wildman–Crippen MR) is 94.8 cm³/mol. The maximum absolute atomic E-state index is 12.8. The Bertz CT molecular complexity index is 790. The molecule has 2 aromatic rings. The second-order valence-corrected chi connectivity index (χ2v) is 6.15. The van der Waals surface area contributed by atoms with Gasteiger partial charge in [-0.3, -0.25) is 14.6 Å². The van der Waals surface area contributed by atoms with E-state index >= 15 is 0 Å². The number of hydrogen-bond acceptors (Lipinski definition) is 5. The lowest BCUT2D eigenvalue weighted by molar-refractivity contribution is -0.118. The zero-order valence-electron chi connectivity index (χ0n) is 15.2. The molecule has 0 aromatic carbocycles. The average molecular weight is 377 g/mol. The largest absolute Gasteiger partial charge is 0.471 e. The summed E-state index contributed by atoms with van der Waals surface area (Å²) in [5.41, 5.74) is 1.64. The van der Waals surface area contributed by atoms with Crippen LogP contribution >= 0.6 is 0 Å². The number of ether oxygens (including phenoxy) is 1. The zero-order valence-corrected chi connectivity index (χ0v) is 15.2. The minimum Gasteiger partial charge on any atom is -0.471 e. The molecule has 27 heavy (non-hydrogen) atoms. The topological polar surface area (TPSA) is 81.2 Å². The first-order valence-electron chi connectivity index (χ1n) is 8.47. The number of carbonyl (C=O) groups is 2. The molecule has 1 amide bonds. The molecule has 0 atom stereocenters. The van der Waals surface area contributed by atoms with Crippen LogP contribution in [0.2, 0.25) is 0 Å². The van der Waals surface area contributed by atoms with Crippen LogP contribution in [-0.2, 0) is 17.8 Å². The van der Waals surface area contributed by atoms with Crippen LogP contribution in [0, 0.1) is 0 Å². The Hall–Kier alpha value is -2.90. The number of nitrogens with one attached hydrogen (secondary N) is 1. The van der Waals surface area contributed by atoms with Gasteiger partial charge in [-0.2, -0.15) is 0 Å². The lowest BCUT2D eigenvalue weighted by atomic mass is 10.1. The molecule has 8 heteroatoms. The van der Waals surface area contributed by atoms with Gasteiger partial charge in [0.2, 0.25) is 5.88 Å². The fourth-order valence-electron chi connectivity index (χ4n) is 2.13. The molecular weight excluding hydrogens is 356 g/mol. The number of halogens is 2. The predicted octanol–water partition coefficient (Wildman–Crippen LogP) is 2.96. The molecule has 2 aromatic heterocycles. The van der Waals surface area contributed by atoms with Crippen LogP contribution in [0.1, 0.15) is 41.9 Å². The number of nitrogens with zero attached hydrogens (tertiary/aromatic N) is 2. The molecule has 2 heterocycles. The first-order valence-corrected chi connectivity index (χ1v) is 8.47. The van der Waals surface area contributed by atoms with Crippen LogP contribution in [-0.4, -0.2) is 34.2 Å². The van der Waals surface area contributed by atoms with Crippen molar-refractivity contribution in [3.8, 4) is 5.88 Å². The minimum absolute atomic E-state index is 0.0503. The minimum atomic E-state index is -2.93. The Balaban J connectivity index is 1.90. The number of ketones is 1. The molecular formula is C19H21F2N3O3. The fraction of sp³-hybridized carbons (Fsp3) is 0.368. The molecule has 0 saturated heterocycles. The van der Waals surface area contributed by atoms with Crippen LogP contribution < -0.4 is 10.1 Å². The summed E-state index contributed by atoms with van der Waals surface area (Å²) in [6.45, 7) is 2.00. The Labute approximate surface area is 156 Å². The van der Waals surface area contributed by atoms with E-state index < -0.39 is 12.5 Å². The van der Waals surface area contributed by atoms with Gasteiger partial charge in [-0.15, -0.1) is 0 Å². The van der Waals surface area contributed by atoms with E-state index in [4.69, 9.17) is 4.74 Å². The second-order valence-electron chi connectivity index (χ2n) is 6.15. The summed E-state index contributed by atoms with van der Waals surface area (Å²) in [6.07, 6.45) is 3.55. The summed E-state index contributed by atoms with van der Waals surface area (Å²) in [6, 6.07) is 6.25. The number of alkyl halides is 2. The number of Topliss-reactive ketones (excluding diaryl/α,β-unsaturated/α-hetero) is 1. The van der Waals surface area contributed by atoms with Crippen molar-refractivity contribution in [2.75, 3.05) is 6.61 Å². The maximum Gasteiger partial charge on any atom is 0.278 e. The van der Waals surface area contributed by atoms with E-state index in [0.29, 0.717) is 23.2 Å². The van der Waals surface area contributed by atoms with Gasteiger partial charge in [-0.25, -0.2) is 13.8 Å². The Morgan fingerprint density at radius 1 is 1.22 bits per heavy atom. The van der Waals surface area contributed by atoms with Crippen molar-refractivity contribution >= 4 is 11.7 Å². The average Bonchev–Trinajstić information content (AvgIpc) is 2.64. The van der Waals surface area contributed by atoms with Gasteiger partial charge in [0.25, 0.3) is 11.8 Å². The highest BCUT2D eigenvalue weighted by molar-refractivity contribution is 5.94. The molecule has 144 valence electrons. The third-order valence-corrected chi connectivity index (χ3v) is 3.58. The molecule has 0 unspecified atom stereocenters. The fourth-order valence-corrected chi connectivity index (χ4v) is 2.13. The highest BCUT2D eigenvalue weighted by Crippen LogP contribution is 2.15. The first kappa shape index (κ1) is 20.4. The van der Waals surface area contributed by atoms with Crippen LogP contribution in [0.25, 0.3) is 0 Å². The molecule has 0 aliphatic carbocycles. The van der Waals surface area contributed by atoms with Gasteiger partial charge in [0.05, 0.1) is 0 Å². The van der Waals surface area contributed by atoms with Crippen molar-refractivity contribution in [1.82, 2.24) is 15.3 Å². The molecule has 6 nitrogen and oxygen atoms in total. The van der Waals surface area contributed by atoms with E-state index in [1.165, 1.54) is 18.5 Å². The maximum atomic E-state index is 12.8. The van der Waals surface area contributed by atoms with E-state index in [0.717, 1.165) is 6.92 Å². The Kier molecular flexibility index (Phi) is 6.92. The molecule has 0 spiro atoms. The van der Waals surface area contributed by atoms with E-state index in [1.807, 2.05) is 0 Å². The molecule has 0 radical (unpaired) electrons. The van der Waals surface area contributed by atoms with E-state index in [1.54, 1.807) is 25.1 Å². The van der Waals surface area contributed by atoms with E-state index in [-0.39, 0.29) is 30.5 Å². The molecule has 0 aliphatic rings. The van der Waals surface area contributed by atoms with Gasteiger partial charge in [-0.05, 0) is 17.7 Å². The monoisotopic (exact) mass is 377 g/mol. The molecule has 0 bridgehead atoms. The first-order chi connectivity index (χ1) is 12.8. The standard InChI is InChI=1S/C19H21F2N3O3/c1-3-16(25)9-15-8-14(6-7-22-15)18(26)24-11-13-4-5-17(23-10-13)27-12-19(2,20)21/h4-8,10H,3,9,11-12H2,1-2H3,(H,24,26). The molecule has 1 N–H and O–H groups in total. The summed E-state index contributed by atoms with van der Waals surface area (Å²) >= 11 is 0. The Morgan fingerprint density at radius 3 is 2.63 bits per heavy atom. The van der Waals surface area contributed by atoms with Crippen LogP contribution in [0.5, 0.6) is 5.88 Å². The lowest BCUT2D eigenvalue weighted by Crippen LogP contribution is -2.23. The summed E-state index contributed by atoms with van der Waals surface area (Å²) in [7, 11) is 0. The number of amides is 1. The summed E-state index contributed by atoms with van der Waals surface area (Å²) in [4.78, 5) is 31.8. The number of pyridine rings is 2. The van der Waals surface area contributed by atoms with Crippen LogP contribution in [0.15, 0.2) is 36.7 Å². The quantitative estimate of drug-likeness (QED) is 0.727. The molecule has 0 aliphatic heterocycles. The lowest BCUT2D eigenvalue weighted by Gasteiger charge is -2.11. The third-order valence-electron chi connectivity index (χ3n) is 3.58. The zero-order chi connectivity index (χ0) is 19.9. The van der Waals surface area contributed by atoms with Gasteiger partial charge < -0.3 is 10.1 Å². The van der Waals surface area contributed by atoms with Gasteiger partial charge >= 0.3 is 0 Å². The van der Waals surface area contributed by atoms with Gasteiger partial charge in [0.15, 0.2) is 6.61 Å². The molecule has 0 saturated carbocycles. The van der Waals surface area contributed by atoms with Crippen molar-refractivity contribution in [3.05, 3.63) is 53.5 Å². The number of hydrogen-bond donors (Lipinski definition) is 1. The van der Waals surface area contributed by atoms with E-state index in [2.05, 4.69) is 15.3 Å². The van der Waals surface area contributed by atoms with Crippen molar-refractivity contribution in [2.24, 2.45) is 0 Å². The normalized spacial score (nSPS) is 11.1. The smallest absolute Gasteiger partial charge is 0.278 e. The van der Waals surface area contributed by atoms with Crippen LogP contribution in [0.3, 0.4) is 0 Å². The molecule has 0 fully saturated rings. The Morgan fingerprint density at radius 2 is 2.00 bits per heavy atom. The van der Waals surface area contributed by atoms with Crippen molar-refractivity contribution in [1.29, 1.82) is 0 Å². The molecule has 2 rings (SSSR count). The summed E-state index contributed by atoms with van der Waals surface area (Å²) in [5, 5.41) is 2.73. The van der Waals surface area contributed by atoms with Crippen molar-refractivity contribution < 1.29 is 23.1 Å². The SMILES string of the molecule is CCC(=O)Cc1cc(C(=O)NCc2ccc(OCC(C)(F)F)nc2)ccn1. The summed E-state index contributed by atoms with van der Waals surface area (Å²) < 4.78 is 30.4.